The number of benzene rings is 1. The number of rotatable bonds is 3. The van der Waals surface area contributed by atoms with Crippen molar-refractivity contribution in [2.45, 2.75) is 40.0 Å². The van der Waals surface area contributed by atoms with Gasteiger partial charge in [0.2, 0.25) is 5.88 Å². The van der Waals surface area contributed by atoms with E-state index in [1.54, 1.807) is 11.0 Å². The molecule has 0 saturated carbocycles. The lowest BCUT2D eigenvalue weighted by Crippen LogP contribution is -2.42. The third kappa shape index (κ3) is 4.40. The number of alkyl halides is 2. The minimum atomic E-state index is -2.86. The molecule has 0 spiro atoms. The number of piperidine rings is 1. The molecule has 2 amide bonds. The van der Waals surface area contributed by atoms with Gasteiger partial charge in [0.25, 0.3) is 5.92 Å². The van der Waals surface area contributed by atoms with Gasteiger partial charge < -0.3 is 9.42 Å². The SMILES string of the molecule is Cc1noc(NC(=O)N2CC/C(=C\c3cccc(C(C)(F)F)c3)C(C)C2)c1C. The van der Waals surface area contributed by atoms with Crippen molar-refractivity contribution in [3.8, 4) is 0 Å². The summed E-state index contributed by atoms with van der Waals surface area (Å²) in [6.07, 6.45) is 2.65. The van der Waals surface area contributed by atoms with Gasteiger partial charge >= 0.3 is 6.03 Å². The molecule has 28 heavy (non-hydrogen) atoms. The number of amides is 2. The van der Waals surface area contributed by atoms with Crippen LogP contribution in [0.3, 0.4) is 0 Å². The summed E-state index contributed by atoms with van der Waals surface area (Å²) in [5.41, 5.74) is 3.46. The van der Waals surface area contributed by atoms with Crippen molar-refractivity contribution < 1.29 is 18.1 Å². The summed E-state index contributed by atoms with van der Waals surface area (Å²) in [5.74, 6) is -2.37. The fourth-order valence-corrected chi connectivity index (χ4v) is 3.27. The van der Waals surface area contributed by atoms with Crippen molar-refractivity contribution in [3.63, 3.8) is 0 Å². The number of carbonyl (C=O) groups excluding carboxylic acids is 1. The van der Waals surface area contributed by atoms with Crippen molar-refractivity contribution in [2.75, 3.05) is 18.4 Å². The lowest BCUT2D eigenvalue weighted by atomic mass is 9.91. The average Bonchev–Trinajstić information content (AvgIpc) is 2.95. The van der Waals surface area contributed by atoms with Crippen molar-refractivity contribution in [1.82, 2.24) is 10.1 Å². The predicted octanol–water partition coefficient (Wildman–Crippen LogP) is 5.36. The number of anilines is 1. The second-order valence-electron chi connectivity index (χ2n) is 7.48. The summed E-state index contributed by atoms with van der Waals surface area (Å²) in [6, 6.07) is 6.20. The van der Waals surface area contributed by atoms with Crippen LogP contribution in [-0.4, -0.2) is 29.2 Å². The minimum Gasteiger partial charge on any atom is -0.338 e. The fourth-order valence-electron chi connectivity index (χ4n) is 3.27. The maximum Gasteiger partial charge on any atom is 0.324 e. The largest absolute Gasteiger partial charge is 0.338 e. The molecule has 0 bridgehead atoms. The van der Waals surface area contributed by atoms with Crippen molar-refractivity contribution in [3.05, 3.63) is 52.2 Å². The zero-order valence-corrected chi connectivity index (χ0v) is 16.6. The maximum absolute atomic E-state index is 13.6. The van der Waals surface area contributed by atoms with Crippen LogP contribution in [0.25, 0.3) is 6.08 Å². The molecular weight excluding hydrogens is 364 g/mol. The molecule has 5 nitrogen and oxygen atoms in total. The Morgan fingerprint density at radius 2 is 2.14 bits per heavy atom. The highest BCUT2D eigenvalue weighted by Gasteiger charge is 2.27. The van der Waals surface area contributed by atoms with Crippen LogP contribution in [0.5, 0.6) is 0 Å². The summed E-state index contributed by atoms with van der Waals surface area (Å²) in [7, 11) is 0. The van der Waals surface area contributed by atoms with E-state index in [0.29, 0.717) is 25.4 Å². The third-order valence-electron chi connectivity index (χ3n) is 5.21. The smallest absolute Gasteiger partial charge is 0.324 e. The number of halogens is 2. The Bertz CT molecular complexity index is 899. The second-order valence-corrected chi connectivity index (χ2v) is 7.48. The van der Waals surface area contributed by atoms with Gasteiger partial charge in [0.15, 0.2) is 0 Å². The van der Waals surface area contributed by atoms with Crippen LogP contribution in [0.1, 0.15) is 42.7 Å². The van der Waals surface area contributed by atoms with Gasteiger partial charge in [0.1, 0.15) is 0 Å². The molecule has 7 heteroatoms. The molecule has 2 aromatic rings. The number of hydrogen-bond acceptors (Lipinski definition) is 3. The van der Waals surface area contributed by atoms with Gasteiger partial charge in [0, 0.05) is 31.1 Å². The highest BCUT2D eigenvalue weighted by molar-refractivity contribution is 5.88. The molecule has 1 aromatic heterocycles. The van der Waals surface area contributed by atoms with Crippen LogP contribution in [0.2, 0.25) is 0 Å². The van der Waals surface area contributed by atoms with Gasteiger partial charge in [-0.05, 0) is 37.8 Å². The first kappa shape index (κ1) is 20.0. The van der Waals surface area contributed by atoms with Crippen LogP contribution in [-0.2, 0) is 5.92 Å². The number of hydrogen-bond donors (Lipinski definition) is 1. The van der Waals surface area contributed by atoms with E-state index in [4.69, 9.17) is 4.52 Å². The van der Waals surface area contributed by atoms with Gasteiger partial charge in [0.05, 0.1) is 5.69 Å². The van der Waals surface area contributed by atoms with E-state index in [2.05, 4.69) is 10.5 Å². The zero-order chi connectivity index (χ0) is 20.5. The van der Waals surface area contributed by atoms with E-state index in [1.807, 2.05) is 32.9 Å². The molecule has 2 heterocycles. The molecule has 1 N–H and O–H groups in total. The van der Waals surface area contributed by atoms with Crippen molar-refractivity contribution >= 4 is 18.0 Å². The summed E-state index contributed by atoms with van der Waals surface area (Å²) < 4.78 is 32.3. The standard InChI is InChI=1S/C21H25F2N3O2/c1-13-12-26(20(27)24-19-14(2)15(3)25-28-19)9-8-17(13)10-16-6-5-7-18(11-16)21(4,22)23/h5-7,10-11,13H,8-9,12H2,1-4H3,(H,24,27)/b17-10+. The quantitative estimate of drug-likeness (QED) is 0.769. The fraction of sp³-hybridized carbons (Fsp3) is 0.429. The summed E-state index contributed by atoms with van der Waals surface area (Å²) >= 11 is 0. The van der Waals surface area contributed by atoms with Crippen molar-refractivity contribution in [1.29, 1.82) is 0 Å². The first-order chi connectivity index (χ1) is 13.1. The summed E-state index contributed by atoms with van der Waals surface area (Å²) in [5, 5.41) is 6.61. The molecule has 1 aliphatic heterocycles. The van der Waals surface area contributed by atoms with Crippen molar-refractivity contribution in [2.24, 2.45) is 5.92 Å². The van der Waals surface area contributed by atoms with Gasteiger partial charge in [-0.1, -0.05) is 41.9 Å². The number of nitrogens with one attached hydrogen (secondary N) is 1. The minimum absolute atomic E-state index is 0.00374. The molecule has 0 radical (unpaired) electrons. The molecule has 1 fully saturated rings. The highest BCUT2D eigenvalue weighted by atomic mass is 19.3. The van der Waals surface area contributed by atoms with E-state index >= 15 is 0 Å². The molecule has 1 aliphatic rings. The molecule has 150 valence electrons. The Morgan fingerprint density at radius 1 is 1.39 bits per heavy atom. The molecule has 3 rings (SSSR count). The predicted molar refractivity (Wildman–Crippen MR) is 104 cm³/mol. The lowest BCUT2D eigenvalue weighted by Gasteiger charge is -2.33. The van der Waals surface area contributed by atoms with E-state index in [0.717, 1.165) is 29.3 Å². The van der Waals surface area contributed by atoms with Crippen LogP contribution in [0.15, 0.2) is 34.4 Å². The Kier molecular flexibility index (Phi) is 5.54. The van der Waals surface area contributed by atoms with Crippen LogP contribution in [0, 0.1) is 19.8 Å². The molecule has 1 saturated heterocycles. The Hall–Kier alpha value is -2.70. The first-order valence-corrected chi connectivity index (χ1v) is 9.33. The zero-order valence-electron chi connectivity index (χ0n) is 16.6. The number of urea groups is 1. The average molecular weight is 389 g/mol. The van der Waals surface area contributed by atoms with Crippen LogP contribution >= 0.6 is 0 Å². The Balaban J connectivity index is 1.67. The van der Waals surface area contributed by atoms with Gasteiger partial charge in [-0.3, -0.25) is 5.32 Å². The van der Waals surface area contributed by atoms with E-state index in [9.17, 15) is 13.6 Å². The number of likely N-dealkylation sites (tertiary alicyclic amines) is 1. The number of aryl methyl sites for hydroxylation is 1. The second kappa shape index (κ2) is 7.73. The third-order valence-corrected chi connectivity index (χ3v) is 5.21. The number of aromatic nitrogens is 1. The number of carbonyl (C=O) groups is 1. The Morgan fingerprint density at radius 3 is 2.75 bits per heavy atom. The molecule has 1 atom stereocenters. The topological polar surface area (TPSA) is 58.4 Å². The molecule has 1 aromatic carbocycles. The number of nitrogens with zero attached hydrogens (tertiary/aromatic N) is 2. The van der Waals surface area contributed by atoms with E-state index in [-0.39, 0.29) is 17.5 Å². The molecule has 1 unspecified atom stereocenters. The van der Waals surface area contributed by atoms with Crippen LogP contribution in [0.4, 0.5) is 19.5 Å². The lowest BCUT2D eigenvalue weighted by molar-refractivity contribution is 0.0174. The summed E-state index contributed by atoms with van der Waals surface area (Å²) in [4.78, 5) is 14.3. The normalized spacial score (nSPS) is 19.1. The summed E-state index contributed by atoms with van der Waals surface area (Å²) in [6.45, 7) is 7.70. The van der Waals surface area contributed by atoms with E-state index < -0.39 is 5.92 Å². The van der Waals surface area contributed by atoms with Gasteiger partial charge in [-0.2, -0.15) is 0 Å². The molecular formula is C21H25F2N3O2. The van der Waals surface area contributed by atoms with E-state index in [1.165, 1.54) is 12.1 Å². The molecule has 0 aliphatic carbocycles. The monoisotopic (exact) mass is 389 g/mol. The maximum atomic E-state index is 13.6. The Labute approximate surface area is 163 Å². The van der Waals surface area contributed by atoms with Gasteiger partial charge in [-0.15, -0.1) is 0 Å². The highest BCUT2D eigenvalue weighted by Crippen LogP contribution is 2.30. The van der Waals surface area contributed by atoms with Gasteiger partial charge in [-0.25, -0.2) is 13.6 Å². The first-order valence-electron chi connectivity index (χ1n) is 9.33. The van der Waals surface area contributed by atoms with Crippen LogP contribution < -0.4 is 5.32 Å².